The van der Waals surface area contributed by atoms with Gasteiger partial charge in [0.2, 0.25) is 0 Å². The molecule has 1 amide bonds. The zero-order valence-electron chi connectivity index (χ0n) is 17.9. The van der Waals surface area contributed by atoms with Gasteiger partial charge in [0.25, 0.3) is 5.91 Å². The van der Waals surface area contributed by atoms with Crippen molar-refractivity contribution in [2.24, 2.45) is 11.8 Å². The molecule has 0 radical (unpaired) electrons. The molecule has 2 fully saturated rings. The Morgan fingerprint density at radius 1 is 1.23 bits per heavy atom. The van der Waals surface area contributed by atoms with Crippen LogP contribution in [0.4, 0.5) is 0 Å². The van der Waals surface area contributed by atoms with Crippen LogP contribution in [0.5, 0.6) is 11.5 Å². The summed E-state index contributed by atoms with van der Waals surface area (Å²) in [5.41, 5.74) is -0.210. The number of rotatable bonds is 10. The van der Waals surface area contributed by atoms with Gasteiger partial charge in [-0.3, -0.25) is 4.79 Å². The fourth-order valence-electron chi connectivity index (χ4n) is 3.92. The van der Waals surface area contributed by atoms with Crippen molar-refractivity contribution >= 4 is 11.9 Å². The number of ether oxygens (including phenoxy) is 3. The molecule has 30 heavy (non-hydrogen) atoms. The van der Waals surface area contributed by atoms with E-state index in [9.17, 15) is 14.7 Å². The van der Waals surface area contributed by atoms with Crippen molar-refractivity contribution in [2.75, 3.05) is 13.7 Å². The normalized spacial score (nSPS) is 19.7. The van der Waals surface area contributed by atoms with Crippen LogP contribution in [-0.4, -0.2) is 53.9 Å². The number of amides is 1. The average Bonchev–Trinajstić information content (AvgIpc) is 3.39. The van der Waals surface area contributed by atoms with Gasteiger partial charge in [-0.15, -0.1) is 0 Å². The molecule has 3 atom stereocenters. The van der Waals surface area contributed by atoms with E-state index in [-0.39, 0.29) is 23.3 Å². The lowest BCUT2D eigenvalue weighted by Gasteiger charge is -2.30. The molecule has 2 aliphatic carbocycles. The third-order valence-corrected chi connectivity index (χ3v) is 5.87. The number of aromatic nitrogens is 1. The molecule has 1 aromatic heterocycles. The van der Waals surface area contributed by atoms with Crippen molar-refractivity contribution in [3.05, 3.63) is 18.0 Å². The maximum atomic E-state index is 12.6. The van der Waals surface area contributed by atoms with E-state index < -0.39 is 24.0 Å². The number of hydrogen-bond acceptors (Lipinski definition) is 7. The lowest BCUT2D eigenvalue weighted by molar-refractivity contribution is -0.161. The van der Waals surface area contributed by atoms with E-state index in [1.807, 2.05) is 6.92 Å². The first-order chi connectivity index (χ1) is 14.4. The molecule has 0 aromatic carbocycles. The third-order valence-electron chi connectivity index (χ3n) is 5.87. The first-order valence-corrected chi connectivity index (χ1v) is 10.8. The second kappa shape index (κ2) is 10.1. The Morgan fingerprint density at radius 2 is 1.93 bits per heavy atom. The maximum absolute atomic E-state index is 12.6. The number of pyridine rings is 1. The predicted octanol–water partition coefficient (Wildman–Crippen LogP) is 2.83. The predicted molar refractivity (Wildman–Crippen MR) is 109 cm³/mol. The van der Waals surface area contributed by atoms with Crippen molar-refractivity contribution in [1.29, 1.82) is 0 Å². The third kappa shape index (κ3) is 5.62. The summed E-state index contributed by atoms with van der Waals surface area (Å²) in [6, 6.07) is 0.538. The van der Waals surface area contributed by atoms with E-state index in [4.69, 9.17) is 14.2 Å². The summed E-state index contributed by atoms with van der Waals surface area (Å²) in [5.74, 6) is -0.433. The number of esters is 1. The second-order valence-corrected chi connectivity index (χ2v) is 8.33. The number of methoxy groups -OCH3 is 1. The molecule has 0 saturated heterocycles. The van der Waals surface area contributed by atoms with Crippen LogP contribution < -0.4 is 10.1 Å². The largest absolute Gasteiger partial charge is 0.503 e. The van der Waals surface area contributed by atoms with Crippen LogP contribution in [0.1, 0.15) is 62.9 Å². The summed E-state index contributed by atoms with van der Waals surface area (Å²) >= 11 is 0. The Kier molecular flexibility index (Phi) is 7.53. The molecule has 1 aromatic rings. The van der Waals surface area contributed by atoms with E-state index in [1.165, 1.54) is 45.1 Å². The summed E-state index contributed by atoms with van der Waals surface area (Å²) < 4.78 is 16.8. The number of carbonyl (C=O) groups excluding carboxylic acids is 2. The van der Waals surface area contributed by atoms with Crippen molar-refractivity contribution in [3.8, 4) is 11.5 Å². The fourth-order valence-corrected chi connectivity index (χ4v) is 3.92. The zero-order valence-corrected chi connectivity index (χ0v) is 17.9. The van der Waals surface area contributed by atoms with Gasteiger partial charge in [-0.05, 0) is 51.4 Å². The smallest absolute Gasteiger partial charge is 0.328 e. The van der Waals surface area contributed by atoms with Crippen LogP contribution >= 0.6 is 0 Å². The standard InChI is InChI=1S/C22H32N2O6/c1-13(24-21(26)18-19(25)17(28-3)10-11-23-18)22(27)30-14(2)20(16-6-4-5-7-16)29-12-15-8-9-15/h10-11,13-16,20,25H,4-9,12H2,1-3H3,(H,24,26)/t13-,14-,20-/m0/s1. The molecule has 0 unspecified atom stereocenters. The Morgan fingerprint density at radius 3 is 2.57 bits per heavy atom. The van der Waals surface area contributed by atoms with Crippen molar-refractivity contribution < 1.29 is 28.9 Å². The Balaban J connectivity index is 1.57. The number of carbonyl (C=O) groups is 2. The number of nitrogens with zero attached hydrogens (tertiary/aromatic N) is 1. The van der Waals surface area contributed by atoms with Crippen LogP contribution in [0.2, 0.25) is 0 Å². The van der Waals surface area contributed by atoms with Gasteiger partial charge in [0.15, 0.2) is 17.2 Å². The molecular formula is C22H32N2O6. The first-order valence-electron chi connectivity index (χ1n) is 10.8. The Bertz CT molecular complexity index is 745. The van der Waals surface area contributed by atoms with Gasteiger partial charge in [-0.2, -0.15) is 0 Å². The minimum absolute atomic E-state index is 0.121. The maximum Gasteiger partial charge on any atom is 0.328 e. The number of hydrogen-bond donors (Lipinski definition) is 2. The average molecular weight is 421 g/mol. The van der Waals surface area contributed by atoms with Crippen LogP contribution in [-0.2, 0) is 14.3 Å². The van der Waals surface area contributed by atoms with Gasteiger partial charge in [-0.25, -0.2) is 9.78 Å². The van der Waals surface area contributed by atoms with Crippen LogP contribution in [0.3, 0.4) is 0 Å². The van der Waals surface area contributed by atoms with E-state index in [0.29, 0.717) is 11.8 Å². The second-order valence-electron chi connectivity index (χ2n) is 8.33. The van der Waals surface area contributed by atoms with Crippen LogP contribution in [0.15, 0.2) is 12.3 Å². The monoisotopic (exact) mass is 420 g/mol. The van der Waals surface area contributed by atoms with Crippen molar-refractivity contribution in [3.63, 3.8) is 0 Å². The highest BCUT2D eigenvalue weighted by molar-refractivity contribution is 5.97. The molecular weight excluding hydrogens is 388 g/mol. The molecule has 3 rings (SSSR count). The summed E-state index contributed by atoms with van der Waals surface area (Å²) in [7, 11) is 1.38. The lowest BCUT2D eigenvalue weighted by Crippen LogP contribution is -2.44. The quantitative estimate of drug-likeness (QED) is 0.561. The highest BCUT2D eigenvalue weighted by Crippen LogP contribution is 2.35. The van der Waals surface area contributed by atoms with Gasteiger partial charge >= 0.3 is 5.97 Å². The van der Waals surface area contributed by atoms with Crippen LogP contribution in [0.25, 0.3) is 0 Å². The molecule has 0 bridgehead atoms. The summed E-state index contributed by atoms with van der Waals surface area (Å²) in [4.78, 5) is 28.9. The molecule has 2 N–H and O–H groups in total. The topological polar surface area (TPSA) is 107 Å². The van der Waals surface area contributed by atoms with Crippen LogP contribution in [0, 0.1) is 11.8 Å². The minimum Gasteiger partial charge on any atom is -0.503 e. The van der Waals surface area contributed by atoms with Crippen molar-refractivity contribution in [2.45, 2.75) is 70.6 Å². The lowest BCUT2D eigenvalue weighted by atomic mass is 9.96. The number of nitrogens with one attached hydrogen (secondary N) is 1. The van der Waals surface area contributed by atoms with Crippen molar-refractivity contribution in [1.82, 2.24) is 10.3 Å². The van der Waals surface area contributed by atoms with Gasteiger partial charge in [0, 0.05) is 18.9 Å². The molecule has 1 heterocycles. The van der Waals surface area contributed by atoms with E-state index in [2.05, 4.69) is 10.3 Å². The van der Waals surface area contributed by atoms with E-state index >= 15 is 0 Å². The summed E-state index contributed by atoms with van der Waals surface area (Å²) in [6.45, 7) is 4.12. The molecule has 166 valence electrons. The summed E-state index contributed by atoms with van der Waals surface area (Å²) in [6.07, 6.45) is 7.78. The molecule has 2 saturated carbocycles. The first kappa shape index (κ1) is 22.3. The van der Waals surface area contributed by atoms with Gasteiger partial charge in [-0.1, -0.05) is 12.8 Å². The highest BCUT2D eigenvalue weighted by Gasteiger charge is 2.35. The SMILES string of the molecule is COc1ccnc(C(=O)N[C@@H](C)C(=O)O[C@@H](C)[C@H](OCC2CC2)C2CCCC2)c1O. The van der Waals surface area contributed by atoms with Gasteiger partial charge in [0.05, 0.1) is 13.2 Å². The Hall–Kier alpha value is -2.35. The number of aromatic hydroxyl groups is 1. The van der Waals surface area contributed by atoms with E-state index in [0.717, 1.165) is 19.4 Å². The van der Waals surface area contributed by atoms with E-state index in [1.54, 1.807) is 6.92 Å². The Labute approximate surface area is 177 Å². The fraction of sp³-hybridized carbons (Fsp3) is 0.682. The highest BCUT2D eigenvalue weighted by atomic mass is 16.6. The van der Waals surface area contributed by atoms with Gasteiger partial charge in [0.1, 0.15) is 12.1 Å². The summed E-state index contributed by atoms with van der Waals surface area (Å²) in [5, 5.41) is 12.6. The minimum atomic E-state index is -0.903. The molecule has 8 heteroatoms. The molecule has 8 nitrogen and oxygen atoms in total. The zero-order chi connectivity index (χ0) is 21.7. The molecule has 2 aliphatic rings. The molecule has 0 aliphatic heterocycles. The molecule has 0 spiro atoms. The van der Waals surface area contributed by atoms with Gasteiger partial charge < -0.3 is 24.6 Å².